The van der Waals surface area contributed by atoms with E-state index < -0.39 is 18.1 Å². The number of alkyl halides is 2. The zero-order valence-corrected chi connectivity index (χ0v) is 16.5. The molecule has 0 aliphatic carbocycles. The molecule has 1 heterocycles. The summed E-state index contributed by atoms with van der Waals surface area (Å²) in [5, 5.41) is 2.69. The third-order valence-corrected chi connectivity index (χ3v) is 5.37. The van der Waals surface area contributed by atoms with Gasteiger partial charge in [-0.2, -0.15) is 8.78 Å². The van der Waals surface area contributed by atoms with Crippen LogP contribution in [0.1, 0.15) is 30.9 Å². The Labute approximate surface area is 168 Å². The second kappa shape index (κ2) is 8.59. The van der Waals surface area contributed by atoms with Gasteiger partial charge in [-0.1, -0.05) is 42.5 Å². The van der Waals surface area contributed by atoms with Crippen LogP contribution in [0.2, 0.25) is 0 Å². The number of benzene rings is 2. The van der Waals surface area contributed by atoms with Crippen LogP contribution in [0.25, 0.3) is 0 Å². The molecule has 0 bridgehead atoms. The molecule has 5 nitrogen and oxygen atoms in total. The van der Waals surface area contributed by atoms with Gasteiger partial charge in [-0.15, -0.1) is 0 Å². The van der Waals surface area contributed by atoms with Crippen molar-refractivity contribution in [3.05, 3.63) is 59.7 Å². The Balaban J connectivity index is 1.68. The van der Waals surface area contributed by atoms with E-state index in [1.54, 1.807) is 30.9 Å². The van der Waals surface area contributed by atoms with Gasteiger partial charge >= 0.3 is 6.61 Å². The molecule has 1 atom stereocenters. The Morgan fingerprint density at radius 1 is 1.17 bits per heavy atom. The monoisotopic (exact) mass is 402 g/mol. The van der Waals surface area contributed by atoms with Crippen LogP contribution < -0.4 is 10.1 Å². The fourth-order valence-electron chi connectivity index (χ4n) is 3.47. The minimum atomic E-state index is -3.00. The van der Waals surface area contributed by atoms with Gasteiger partial charge in [0.15, 0.2) is 0 Å². The van der Waals surface area contributed by atoms with Crippen LogP contribution in [-0.4, -0.2) is 35.4 Å². The fraction of sp³-hybridized carbons (Fsp3) is 0.364. The van der Waals surface area contributed by atoms with Gasteiger partial charge in [0.2, 0.25) is 11.8 Å². The van der Waals surface area contributed by atoms with Crippen molar-refractivity contribution in [1.29, 1.82) is 0 Å². The van der Waals surface area contributed by atoms with Crippen LogP contribution in [0.15, 0.2) is 48.5 Å². The molecule has 7 heteroatoms. The normalized spacial score (nSPS) is 18.3. The van der Waals surface area contributed by atoms with E-state index in [4.69, 9.17) is 0 Å². The molecule has 154 valence electrons. The lowest BCUT2D eigenvalue weighted by molar-refractivity contribution is -0.154. The van der Waals surface area contributed by atoms with Gasteiger partial charge < -0.3 is 15.0 Å². The third-order valence-electron chi connectivity index (χ3n) is 5.37. The van der Waals surface area contributed by atoms with Crippen molar-refractivity contribution >= 4 is 17.5 Å². The minimum Gasteiger partial charge on any atom is -0.433 e. The first-order valence-electron chi connectivity index (χ1n) is 9.51. The second-order valence-corrected chi connectivity index (χ2v) is 7.34. The number of ether oxygens (including phenoxy) is 1. The lowest BCUT2D eigenvalue weighted by Crippen LogP contribution is -2.66. The standard InChI is InChI=1S/C22H24F2N2O3/c1-15-7-6-10-17(29-21(23)24)19(15)25-20(28)22(2)13-14-26(22)18(27)12-11-16-8-4-3-5-9-16/h3-10,21H,11-14H2,1-2H3,(H,25,28). The van der Waals surface area contributed by atoms with E-state index >= 15 is 0 Å². The van der Waals surface area contributed by atoms with Gasteiger partial charge in [-0.25, -0.2) is 0 Å². The van der Waals surface area contributed by atoms with Crippen LogP contribution in [0.3, 0.4) is 0 Å². The molecule has 2 amide bonds. The molecule has 1 saturated heterocycles. The summed E-state index contributed by atoms with van der Waals surface area (Å²) in [6.07, 6.45) is 1.40. The highest BCUT2D eigenvalue weighted by atomic mass is 19.3. The van der Waals surface area contributed by atoms with E-state index in [9.17, 15) is 18.4 Å². The number of aryl methyl sites for hydroxylation is 2. The van der Waals surface area contributed by atoms with Crippen molar-refractivity contribution < 1.29 is 23.1 Å². The molecule has 0 saturated carbocycles. The van der Waals surface area contributed by atoms with Gasteiger partial charge in [-0.05, 0) is 43.9 Å². The van der Waals surface area contributed by atoms with Crippen LogP contribution in [0.5, 0.6) is 5.75 Å². The number of anilines is 1. The van der Waals surface area contributed by atoms with Crippen LogP contribution in [-0.2, 0) is 16.0 Å². The Bertz CT molecular complexity index is 889. The van der Waals surface area contributed by atoms with E-state index in [0.717, 1.165) is 5.56 Å². The smallest absolute Gasteiger partial charge is 0.387 e. The first kappa shape index (κ1) is 20.8. The molecule has 1 aliphatic rings. The number of likely N-dealkylation sites (tertiary alicyclic amines) is 1. The molecular formula is C22H24F2N2O3. The van der Waals surface area contributed by atoms with Gasteiger partial charge in [0.1, 0.15) is 11.3 Å². The van der Waals surface area contributed by atoms with Crippen LogP contribution in [0.4, 0.5) is 14.5 Å². The van der Waals surface area contributed by atoms with Crippen molar-refractivity contribution in [2.24, 2.45) is 0 Å². The maximum absolute atomic E-state index is 12.9. The van der Waals surface area contributed by atoms with E-state index in [2.05, 4.69) is 10.1 Å². The number of nitrogens with zero attached hydrogens (tertiary/aromatic N) is 1. The lowest BCUT2D eigenvalue weighted by atomic mass is 9.84. The molecule has 1 aliphatic heterocycles. The van der Waals surface area contributed by atoms with Gasteiger partial charge in [0, 0.05) is 13.0 Å². The molecule has 1 N–H and O–H groups in total. The predicted molar refractivity (Wildman–Crippen MR) is 106 cm³/mol. The van der Waals surface area contributed by atoms with Crippen molar-refractivity contribution in [1.82, 2.24) is 4.90 Å². The Morgan fingerprint density at radius 2 is 1.90 bits per heavy atom. The van der Waals surface area contributed by atoms with Crippen molar-refractivity contribution in [2.75, 3.05) is 11.9 Å². The number of rotatable bonds is 7. The molecule has 0 aromatic heterocycles. The van der Waals surface area contributed by atoms with Gasteiger partial charge in [0.05, 0.1) is 5.69 Å². The quantitative estimate of drug-likeness (QED) is 0.757. The number of para-hydroxylation sites is 1. The van der Waals surface area contributed by atoms with Crippen molar-refractivity contribution in [3.63, 3.8) is 0 Å². The molecule has 0 spiro atoms. The van der Waals surface area contributed by atoms with E-state index in [-0.39, 0.29) is 17.3 Å². The van der Waals surface area contributed by atoms with E-state index in [1.165, 1.54) is 6.07 Å². The summed E-state index contributed by atoms with van der Waals surface area (Å²) in [7, 11) is 0. The molecule has 0 radical (unpaired) electrons. The number of hydrogen-bond donors (Lipinski definition) is 1. The van der Waals surface area contributed by atoms with Crippen molar-refractivity contribution in [2.45, 2.75) is 45.3 Å². The summed E-state index contributed by atoms with van der Waals surface area (Å²) in [5.41, 5.74) is 0.836. The Hall–Kier alpha value is -2.96. The average molecular weight is 402 g/mol. The number of amides is 2. The topological polar surface area (TPSA) is 58.6 Å². The fourth-order valence-corrected chi connectivity index (χ4v) is 3.47. The highest BCUT2D eigenvalue weighted by Crippen LogP contribution is 2.35. The summed E-state index contributed by atoms with van der Waals surface area (Å²) in [6.45, 7) is 0.881. The minimum absolute atomic E-state index is 0.0989. The molecule has 1 unspecified atom stereocenters. The molecule has 2 aromatic rings. The summed E-state index contributed by atoms with van der Waals surface area (Å²) >= 11 is 0. The molecule has 1 fully saturated rings. The maximum atomic E-state index is 12.9. The summed E-state index contributed by atoms with van der Waals surface area (Å²) < 4.78 is 29.9. The number of hydrogen-bond acceptors (Lipinski definition) is 3. The SMILES string of the molecule is Cc1cccc(OC(F)F)c1NC(=O)C1(C)CCN1C(=O)CCc1ccccc1. The molecule has 2 aromatic carbocycles. The molecule has 3 rings (SSSR count). The van der Waals surface area contributed by atoms with E-state index in [1.807, 2.05) is 30.3 Å². The van der Waals surface area contributed by atoms with Crippen molar-refractivity contribution in [3.8, 4) is 5.75 Å². The third kappa shape index (κ3) is 4.55. The zero-order chi connectivity index (χ0) is 21.0. The molecular weight excluding hydrogens is 378 g/mol. The van der Waals surface area contributed by atoms with Gasteiger partial charge in [-0.3, -0.25) is 9.59 Å². The van der Waals surface area contributed by atoms with Crippen LogP contribution in [0, 0.1) is 6.92 Å². The van der Waals surface area contributed by atoms with E-state index in [0.29, 0.717) is 31.4 Å². The predicted octanol–water partition coefficient (Wildman–Crippen LogP) is 4.16. The Morgan fingerprint density at radius 3 is 2.52 bits per heavy atom. The number of halogens is 2. The number of carbonyl (C=O) groups excluding carboxylic acids is 2. The van der Waals surface area contributed by atoms with Crippen LogP contribution >= 0.6 is 0 Å². The summed E-state index contributed by atoms with van der Waals surface area (Å²) in [5.74, 6) is -0.616. The summed E-state index contributed by atoms with van der Waals surface area (Å²) in [4.78, 5) is 27.2. The highest BCUT2D eigenvalue weighted by Gasteiger charge is 2.49. The summed E-state index contributed by atoms with van der Waals surface area (Å²) in [6, 6.07) is 14.3. The first-order chi connectivity index (χ1) is 13.8. The molecule has 29 heavy (non-hydrogen) atoms. The number of carbonyl (C=O) groups is 2. The van der Waals surface area contributed by atoms with Gasteiger partial charge in [0.25, 0.3) is 0 Å². The second-order valence-electron chi connectivity index (χ2n) is 7.34. The zero-order valence-electron chi connectivity index (χ0n) is 16.5. The first-order valence-corrected chi connectivity index (χ1v) is 9.51. The average Bonchev–Trinajstić information content (AvgIpc) is 2.68. The number of nitrogens with one attached hydrogen (secondary N) is 1. The lowest BCUT2D eigenvalue weighted by Gasteiger charge is -2.49. The highest BCUT2D eigenvalue weighted by molar-refractivity contribution is 6.02. The maximum Gasteiger partial charge on any atom is 0.387 e. The largest absolute Gasteiger partial charge is 0.433 e. The Kier molecular flexibility index (Phi) is 6.15.